The number of carbonyl (C=O) groups is 1. The highest BCUT2D eigenvalue weighted by Crippen LogP contribution is 2.32. The average molecular weight is 443 g/mol. The average Bonchev–Trinajstić information content (AvgIpc) is 2.76. The summed E-state index contributed by atoms with van der Waals surface area (Å²) in [5, 5.41) is 0. The molecule has 0 N–H and O–H groups in total. The SMILES string of the molecule is CCCCOC(C)c1cc(C)ccc1OC(=O)Oc1ccc(C)cc1C(C)OCCCC. The summed E-state index contributed by atoms with van der Waals surface area (Å²) >= 11 is 0. The van der Waals surface area contributed by atoms with Gasteiger partial charge in [-0.15, -0.1) is 0 Å². The minimum Gasteiger partial charge on any atom is -0.394 e. The smallest absolute Gasteiger partial charge is 0.394 e. The molecule has 2 aromatic carbocycles. The summed E-state index contributed by atoms with van der Waals surface area (Å²) in [7, 11) is 0. The summed E-state index contributed by atoms with van der Waals surface area (Å²) < 4.78 is 23.1. The molecule has 32 heavy (non-hydrogen) atoms. The fraction of sp³-hybridized carbons (Fsp3) is 0.519. The van der Waals surface area contributed by atoms with Crippen molar-refractivity contribution in [2.45, 2.75) is 79.4 Å². The van der Waals surface area contributed by atoms with Crippen molar-refractivity contribution in [2.75, 3.05) is 13.2 Å². The van der Waals surface area contributed by atoms with Crippen LogP contribution in [0.15, 0.2) is 36.4 Å². The Bertz CT molecular complexity index is 792. The van der Waals surface area contributed by atoms with Crippen LogP contribution in [-0.2, 0) is 9.47 Å². The van der Waals surface area contributed by atoms with E-state index in [1.54, 1.807) is 12.1 Å². The summed E-state index contributed by atoms with van der Waals surface area (Å²) in [5.74, 6) is 0.899. The van der Waals surface area contributed by atoms with Crippen LogP contribution >= 0.6 is 0 Å². The van der Waals surface area contributed by atoms with Crippen molar-refractivity contribution >= 4 is 6.16 Å². The number of hydrogen-bond donors (Lipinski definition) is 0. The summed E-state index contributed by atoms with van der Waals surface area (Å²) in [5.41, 5.74) is 3.81. The van der Waals surface area contributed by atoms with E-state index in [-0.39, 0.29) is 12.2 Å². The number of aryl methyl sites for hydroxylation is 2. The lowest BCUT2D eigenvalue weighted by Crippen LogP contribution is -2.17. The lowest BCUT2D eigenvalue weighted by molar-refractivity contribution is 0.0603. The third-order valence-electron chi connectivity index (χ3n) is 5.32. The summed E-state index contributed by atoms with van der Waals surface area (Å²) in [6.45, 7) is 13.5. The van der Waals surface area contributed by atoms with Gasteiger partial charge in [-0.05, 0) is 64.8 Å². The van der Waals surface area contributed by atoms with Crippen molar-refractivity contribution in [1.29, 1.82) is 0 Å². The Morgan fingerprint density at radius 1 is 0.750 bits per heavy atom. The molecule has 2 atom stereocenters. The van der Waals surface area contributed by atoms with Crippen LogP contribution in [0.3, 0.4) is 0 Å². The van der Waals surface area contributed by atoms with Gasteiger partial charge >= 0.3 is 6.16 Å². The molecule has 0 fully saturated rings. The molecule has 0 aliphatic carbocycles. The summed E-state index contributed by atoms with van der Waals surface area (Å²) in [4.78, 5) is 12.7. The van der Waals surface area contributed by atoms with Crippen molar-refractivity contribution in [2.24, 2.45) is 0 Å². The molecule has 0 spiro atoms. The maximum Gasteiger partial charge on any atom is 0.519 e. The molecule has 0 saturated heterocycles. The number of hydrogen-bond acceptors (Lipinski definition) is 5. The van der Waals surface area contributed by atoms with Crippen molar-refractivity contribution in [1.82, 2.24) is 0 Å². The Hall–Kier alpha value is -2.37. The van der Waals surface area contributed by atoms with Gasteiger partial charge in [0, 0.05) is 24.3 Å². The van der Waals surface area contributed by atoms with Gasteiger partial charge in [0.2, 0.25) is 0 Å². The maximum atomic E-state index is 12.7. The van der Waals surface area contributed by atoms with Crippen LogP contribution in [0.25, 0.3) is 0 Å². The molecule has 0 saturated carbocycles. The first-order chi connectivity index (χ1) is 15.3. The van der Waals surface area contributed by atoms with Gasteiger partial charge in [-0.1, -0.05) is 49.9 Å². The number of ether oxygens (including phenoxy) is 4. The molecule has 0 aliphatic rings. The van der Waals surface area contributed by atoms with E-state index in [1.807, 2.05) is 52.0 Å². The molecule has 5 nitrogen and oxygen atoms in total. The Balaban J connectivity index is 2.14. The zero-order valence-electron chi connectivity index (χ0n) is 20.4. The summed E-state index contributed by atoms with van der Waals surface area (Å²) in [6, 6.07) is 11.4. The van der Waals surface area contributed by atoms with E-state index < -0.39 is 6.16 Å². The van der Waals surface area contributed by atoms with Crippen LogP contribution in [0.5, 0.6) is 11.5 Å². The van der Waals surface area contributed by atoms with Crippen molar-refractivity contribution in [3.63, 3.8) is 0 Å². The van der Waals surface area contributed by atoms with Gasteiger partial charge in [0.25, 0.3) is 0 Å². The Morgan fingerprint density at radius 2 is 1.16 bits per heavy atom. The summed E-state index contributed by atoms with van der Waals surface area (Å²) in [6.07, 6.45) is 2.96. The minimum atomic E-state index is -0.776. The predicted octanol–water partition coefficient (Wildman–Crippen LogP) is 7.64. The second-order valence-electron chi connectivity index (χ2n) is 8.27. The lowest BCUT2D eigenvalue weighted by Gasteiger charge is -2.19. The third kappa shape index (κ3) is 7.95. The normalized spacial score (nSPS) is 12.9. The Kier molecular flexibility index (Phi) is 10.7. The number of unbranched alkanes of at least 4 members (excludes halogenated alkanes) is 2. The first-order valence-electron chi connectivity index (χ1n) is 11.7. The highest BCUT2D eigenvalue weighted by Gasteiger charge is 2.20. The second-order valence-corrected chi connectivity index (χ2v) is 8.27. The topological polar surface area (TPSA) is 54.0 Å². The maximum absolute atomic E-state index is 12.7. The third-order valence-corrected chi connectivity index (χ3v) is 5.32. The van der Waals surface area contributed by atoms with Crippen LogP contribution in [0.4, 0.5) is 4.79 Å². The van der Waals surface area contributed by atoms with E-state index in [9.17, 15) is 4.79 Å². The molecule has 2 rings (SSSR count). The largest absolute Gasteiger partial charge is 0.519 e. The van der Waals surface area contributed by atoms with Crippen molar-refractivity contribution < 1.29 is 23.7 Å². The van der Waals surface area contributed by atoms with Crippen LogP contribution < -0.4 is 9.47 Å². The molecule has 0 heterocycles. The molecular weight excluding hydrogens is 404 g/mol. The Morgan fingerprint density at radius 3 is 1.53 bits per heavy atom. The number of carbonyl (C=O) groups excluding carboxylic acids is 1. The quantitative estimate of drug-likeness (QED) is 0.192. The zero-order valence-corrected chi connectivity index (χ0v) is 20.4. The van der Waals surface area contributed by atoms with Crippen molar-refractivity contribution in [3.8, 4) is 11.5 Å². The fourth-order valence-corrected chi connectivity index (χ4v) is 3.35. The first-order valence-corrected chi connectivity index (χ1v) is 11.7. The van der Waals surface area contributed by atoms with Gasteiger partial charge in [0.05, 0.1) is 12.2 Å². The first kappa shape index (κ1) is 25.9. The molecule has 176 valence electrons. The van der Waals surface area contributed by atoms with E-state index in [0.29, 0.717) is 24.7 Å². The van der Waals surface area contributed by atoms with E-state index in [1.165, 1.54) is 0 Å². The van der Waals surface area contributed by atoms with Crippen LogP contribution in [-0.4, -0.2) is 19.4 Å². The standard InChI is InChI=1S/C27H38O5/c1-7-9-15-29-21(5)23-17-19(3)11-13-25(23)31-27(28)32-26-14-12-20(4)18-24(26)22(6)30-16-10-8-2/h11-14,17-18,21-22H,7-10,15-16H2,1-6H3. The fourth-order valence-electron chi connectivity index (χ4n) is 3.35. The molecule has 0 bridgehead atoms. The molecule has 0 aromatic heterocycles. The van der Waals surface area contributed by atoms with Gasteiger partial charge in [-0.25, -0.2) is 4.79 Å². The molecule has 2 unspecified atom stereocenters. The van der Waals surface area contributed by atoms with Gasteiger partial charge in [-0.2, -0.15) is 0 Å². The monoisotopic (exact) mass is 442 g/mol. The zero-order chi connectivity index (χ0) is 23.5. The van der Waals surface area contributed by atoms with E-state index >= 15 is 0 Å². The van der Waals surface area contributed by atoms with Gasteiger partial charge in [-0.3, -0.25) is 0 Å². The number of benzene rings is 2. The second kappa shape index (κ2) is 13.2. The molecule has 0 aliphatic heterocycles. The predicted molar refractivity (Wildman–Crippen MR) is 128 cm³/mol. The van der Waals surface area contributed by atoms with Gasteiger partial charge in [0.15, 0.2) is 0 Å². The Labute approximate surface area is 193 Å². The molecule has 0 radical (unpaired) electrons. The van der Waals surface area contributed by atoms with Crippen molar-refractivity contribution in [3.05, 3.63) is 58.7 Å². The van der Waals surface area contributed by atoms with Crippen LogP contribution in [0.1, 0.15) is 87.8 Å². The molecule has 5 heteroatoms. The van der Waals surface area contributed by atoms with E-state index in [2.05, 4.69) is 13.8 Å². The number of rotatable bonds is 12. The van der Waals surface area contributed by atoms with Gasteiger partial charge < -0.3 is 18.9 Å². The van der Waals surface area contributed by atoms with Crippen LogP contribution in [0.2, 0.25) is 0 Å². The molecule has 2 aromatic rings. The molecule has 0 amide bonds. The van der Waals surface area contributed by atoms with E-state index in [0.717, 1.165) is 47.9 Å². The minimum absolute atomic E-state index is 0.189. The highest BCUT2D eigenvalue weighted by molar-refractivity contribution is 5.68. The van der Waals surface area contributed by atoms with E-state index in [4.69, 9.17) is 18.9 Å². The highest BCUT2D eigenvalue weighted by atomic mass is 16.7. The molecular formula is C27H38O5. The lowest BCUT2D eigenvalue weighted by atomic mass is 10.1. The van der Waals surface area contributed by atoms with Gasteiger partial charge in [0.1, 0.15) is 11.5 Å². The van der Waals surface area contributed by atoms with Crippen LogP contribution in [0, 0.1) is 13.8 Å².